The van der Waals surface area contributed by atoms with Crippen LogP contribution in [0.3, 0.4) is 0 Å². The van der Waals surface area contributed by atoms with Crippen molar-refractivity contribution in [3.63, 3.8) is 0 Å². The number of hydrogen-bond donors (Lipinski definition) is 2. The van der Waals surface area contributed by atoms with Gasteiger partial charge in [-0.2, -0.15) is 0 Å². The third-order valence-corrected chi connectivity index (χ3v) is 3.54. The molecule has 0 bridgehead atoms. The summed E-state index contributed by atoms with van der Waals surface area (Å²) < 4.78 is 0. The van der Waals surface area contributed by atoms with Crippen molar-refractivity contribution in [3.8, 4) is 0 Å². The van der Waals surface area contributed by atoms with Crippen LogP contribution in [-0.2, 0) is 4.79 Å². The highest BCUT2D eigenvalue weighted by molar-refractivity contribution is 6.02. The van der Waals surface area contributed by atoms with Crippen LogP contribution in [0.25, 0.3) is 0 Å². The molecule has 0 radical (unpaired) electrons. The number of amides is 3. The first kappa shape index (κ1) is 12.5. The first-order valence-corrected chi connectivity index (χ1v) is 6.31. The SMILES string of the molecule is O=C(O)N[C@@H]1C(=O)N2CCCN2C(=O)c2ccccc21. The number of nitrogens with one attached hydrogen (secondary N) is 1. The topological polar surface area (TPSA) is 89.9 Å². The van der Waals surface area contributed by atoms with Gasteiger partial charge in [0.05, 0.1) is 0 Å². The van der Waals surface area contributed by atoms with Crippen LogP contribution in [0.4, 0.5) is 4.79 Å². The molecule has 7 nitrogen and oxygen atoms in total. The number of rotatable bonds is 1. The zero-order chi connectivity index (χ0) is 14.3. The lowest BCUT2D eigenvalue weighted by molar-refractivity contribution is -0.142. The van der Waals surface area contributed by atoms with Gasteiger partial charge in [0.2, 0.25) is 0 Å². The molecule has 0 aliphatic carbocycles. The number of benzene rings is 1. The maximum Gasteiger partial charge on any atom is 0.405 e. The van der Waals surface area contributed by atoms with Crippen molar-refractivity contribution in [2.45, 2.75) is 12.5 Å². The van der Waals surface area contributed by atoms with Gasteiger partial charge in [-0.3, -0.25) is 9.59 Å². The molecule has 0 spiro atoms. The normalized spacial score (nSPS) is 21.3. The van der Waals surface area contributed by atoms with Crippen LogP contribution >= 0.6 is 0 Å². The van der Waals surface area contributed by atoms with Gasteiger partial charge >= 0.3 is 6.09 Å². The van der Waals surface area contributed by atoms with Gasteiger partial charge in [-0.05, 0) is 18.1 Å². The van der Waals surface area contributed by atoms with E-state index < -0.39 is 18.0 Å². The van der Waals surface area contributed by atoms with Gasteiger partial charge < -0.3 is 10.4 Å². The Morgan fingerprint density at radius 3 is 2.65 bits per heavy atom. The van der Waals surface area contributed by atoms with E-state index in [2.05, 4.69) is 5.32 Å². The van der Waals surface area contributed by atoms with E-state index in [1.165, 1.54) is 10.0 Å². The summed E-state index contributed by atoms with van der Waals surface area (Å²) in [6, 6.07) is 5.56. The van der Waals surface area contributed by atoms with E-state index in [4.69, 9.17) is 5.11 Å². The zero-order valence-electron chi connectivity index (χ0n) is 10.6. The molecule has 0 saturated carbocycles. The number of fused-ring (bicyclic) bond motifs is 2. The molecule has 2 N–H and O–H groups in total. The molecule has 3 amide bonds. The maximum absolute atomic E-state index is 12.5. The van der Waals surface area contributed by atoms with Gasteiger partial charge in [0.25, 0.3) is 11.8 Å². The van der Waals surface area contributed by atoms with E-state index in [1.54, 1.807) is 24.3 Å². The van der Waals surface area contributed by atoms with Crippen molar-refractivity contribution >= 4 is 17.9 Å². The quantitative estimate of drug-likeness (QED) is 0.785. The third-order valence-electron chi connectivity index (χ3n) is 3.54. The average molecular weight is 275 g/mol. The van der Waals surface area contributed by atoms with Gasteiger partial charge in [-0.1, -0.05) is 18.2 Å². The van der Waals surface area contributed by atoms with Crippen molar-refractivity contribution in [1.29, 1.82) is 0 Å². The Hall–Kier alpha value is -2.57. The van der Waals surface area contributed by atoms with E-state index >= 15 is 0 Å². The molecule has 104 valence electrons. The fourth-order valence-electron chi connectivity index (χ4n) is 2.68. The van der Waals surface area contributed by atoms with Gasteiger partial charge in [0, 0.05) is 18.7 Å². The Balaban J connectivity index is 2.13. The lowest BCUT2D eigenvalue weighted by Gasteiger charge is -2.27. The summed E-state index contributed by atoms with van der Waals surface area (Å²) in [5, 5.41) is 13.9. The van der Waals surface area contributed by atoms with Crippen molar-refractivity contribution < 1.29 is 19.5 Å². The smallest absolute Gasteiger partial charge is 0.405 e. The van der Waals surface area contributed by atoms with Gasteiger partial charge in [0.15, 0.2) is 0 Å². The number of hydrogen-bond acceptors (Lipinski definition) is 3. The molecule has 0 unspecified atom stereocenters. The molecule has 2 heterocycles. The van der Waals surface area contributed by atoms with E-state index in [9.17, 15) is 14.4 Å². The first-order chi connectivity index (χ1) is 9.59. The Bertz CT molecular complexity index is 601. The Labute approximate surface area is 114 Å². The number of carboxylic acid groups (broad SMARTS) is 1. The highest BCUT2D eigenvalue weighted by Gasteiger charge is 2.41. The van der Waals surface area contributed by atoms with Gasteiger partial charge in [-0.25, -0.2) is 14.8 Å². The highest BCUT2D eigenvalue weighted by atomic mass is 16.4. The van der Waals surface area contributed by atoms with E-state index in [0.29, 0.717) is 30.6 Å². The van der Waals surface area contributed by atoms with Crippen LogP contribution in [0.5, 0.6) is 0 Å². The third kappa shape index (κ3) is 1.78. The molecule has 2 aliphatic heterocycles. The number of carbonyl (C=O) groups is 3. The molecule has 1 aromatic rings. The minimum Gasteiger partial charge on any atom is -0.465 e. The molecule has 1 aromatic carbocycles. The summed E-state index contributed by atoms with van der Waals surface area (Å²) in [5.74, 6) is -0.677. The van der Waals surface area contributed by atoms with E-state index in [-0.39, 0.29) is 5.91 Å². The zero-order valence-corrected chi connectivity index (χ0v) is 10.6. The maximum atomic E-state index is 12.5. The predicted octanol–water partition coefficient (Wildman–Crippen LogP) is 0.598. The molecule has 0 aromatic heterocycles. The standard InChI is InChI=1S/C13H13N3O4/c17-11-9-5-2-1-4-8(9)10(14-13(19)20)12(18)16-7-3-6-15(11)16/h1-2,4-5,10,14H,3,6-7H2,(H,19,20)/t10-/m0/s1. The first-order valence-electron chi connectivity index (χ1n) is 6.31. The summed E-state index contributed by atoms with van der Waals surface area (Å²) in [6.45, 7) is 0.898. The number of carbonyl (C=O) groups excluding carboxylic acids is 2. The second-order valence-electron chi connectivity index (χ2n) is 4.71. The Morgan fingerprint density at radius 2 is 1.90 bits per heavy atom. The molecule has 1 atom stereocenters. The second kappa shape index (κ2) is 4.52. The second-order valence-corrected chi connectivity index (χ2v) is 4.71. The lowest BCUT2D eigenvalue weighted by atomic mass is 9.99. The molecule has 1 saturated heterocycles. The molecule has 7 heteroatoms. The van der Waals surface area contributed by atoms with Crippen LogP contribution in [0, 0.1) is 0 Å². The van der Waals surface area contributed by atoms with E-state index in [1.807, 2.05) is 0 Å². The summed E-state index contributed by atoms with van der Waals surface area (Å²) in [5.41, 5.74) is 0.767. The van der Waals surface area contributed by atoms with Crippen LogP contribution in [0.1, 0.15) is 28.4 Å². The summed E-state index contributed by atoms with van der Waals surface area (Å²) >= 11 is 0. The van der Waals surface area contributed by atoms with Crippen molar-refractivity contribution in [3.05, 3.63) is 35.4 Å². The van der Waals surface area contributed by atoms with Crippen LogP contribution in [0.2, 0.25) is 0 Å². The molecular weight excluding hydrogens is 262 g/mol. The monoisotopic (exact) mass is 275 g/mol. The number of nitrogens with zero attached hydrogens (tertiary/aromatic N) is 2. The van der Waals surface area contributed by atoms with Crippen LogP contribution in [-0.4, -0.2) is 46.1 Å². The summed E-state index contributed by atoms with van der Waals surface area (Å²) in [7, 11) is 0. The van der Waals surface area contributed by atoms with Crippen LogP contribution < -0.4 is 5.32 Å². The van der Waals surface area contributed by atoms with Crippen LogP contribution in [0.15, 0.2) is 24.3 Å². The Morgan fingerprint density at radius 1 is 1.20 bits per heavy atom. The van der Waals surface area contributed by atoms with Crippen molar-refractivity contribution in [2.75, 3.05) is 13.1 Å². The van der Waals surface area contributed by atoms with Crippen molar-refractivity contribution in [2.24, 2.45) is 0 Å². The molecule has 1 fully saturated rings. The predicted molar refractivity (Wildman–Crippen MR) is 67.7 cm³/mol. The number of hydrazine groups is 1. The molecule has 3 rings (SSSR count). The van der Waals surface area contributed by atoms with E-state index in [0.717, 1.165) is 0 Å². The van der Waals surface area contributed by atoms with Gasteiger partial charge in [-0.15, -0.1) is 0 Å². The molecular formula is C13H13N3O4. The fraction of sp³-hybridized carbons (Fsp3) is 0.308. The minimum atomic E-state index is -1.29. The fourth-order valence-corrected chi connectivity index (χ4v) is 2.68. The lowest BCUT2D eigenvalue weighted by Crippen LogP contribution is -2.47. The Kier molecular flexibility index (Phi) is 2.81. The molecule has 20 heavy (non-hydrogen) atoms. The highest BCUT2D eigenvalue weighted by Crippen LogP contribution is 2.29. The van der Waals surface area contributed by atoms with Crippen molar-refractivity contribution in [1.82, 2.24) is 15.3 Å². The summed E-state index contributed by atoms with van der Waals surface area (Å²) in [4.78, 5) is 35.9. The minimum absolute atomic E-state index is 0.263. The summed E-state index contributed by atoms with van der Waals surface area (Å²) in [6.07, 6.45) is -0.599. The van der Waals surface area contributed by atoms with Gasteiger partial charge in [0.1, 0.15) is 6.04 Å². The largest absolute Gasteiger partial charge is 0.465 e. The molecule has 2 aliphatic rings. The average Bonchev–Trinajstić information content (AvgIpc) is 2.89.